The predicted octanol–water partition coefficient (Wildman–Crippen LogP) is 1.92. The molecule has 0 aliphatic carbocycles. The molecule has 24 heavy (non-hydrogen) atoms. The predicted molar refractivity (Wildman–Crippen MR) is 92.0 cm³/mol. The normalized spacial score (nSPS) is 17.0. The number of hydrogen-bond donors (Lipinski definition) is 1. The van der Waals surface area contributed by atoms with Crippen molar-refractivity contribution in [2.24, 2.45) is 0 Å². The monoisotopic (exact) mass is 328 g/mol. The number of benzene rings is 1. The Bertz CT molecular complexity index is 678. The summed E-state index contributed by atoms with van der Waals surface area (Å²) in [5.41, 5.74) is 1.39. The number of carbonyl (C=O) groups is 1. The van der Waals surface area contributed by atoms with Gasteiger partial charge in [0, 0.05) is 26.2 Å². The molecule has 1 N–H and O–H groups in total. The molecule has 1 aliphatic rings. The third-order valence-electron chi connectivity index (χ3n) is 4.38. The molecule has 1 fully saturated rings. The number of aryl methyl sites for hydroxylation is 1. The van der Waals surface area contributed by atoms with Crippen LogP contribution in [-0.2, 0) is 13.2 Å². The first kappa shape index (κ1) is 16.5. The van der Waals surface area contributed by atoms with E-state index in [-0.39, 0.29) is 11.9 Å². The summed E-state index contributed by atoms with van der Waals surface area (Å²) < 4.78 is 7.49. The summed E-state index contributed by atoms with van der Waals surface area (Å²) in [5, 5.41) is 7.80. The molecule has 1 aromatic carbocycles. The number of nitrogens with zero attached hydrogens (tertiary/aromatic N) is 3. The van der Waals surface area contributed by atoms with Gasteiger partial charge in [-0.2, -0.15) is 5.10 Å². The minimum atomic E-state index is 0.0176. The van der Waals surface area contributed by atoms with Crippen molar-refractivity contribution < 1.29 is 9.53 Å². The van der Waals surface area contributed by atoms with E-state index < -0.39 is 0 Å². The standard InChI is InChI=1S/C18H24N4O2/c1-3-22-17(18(23)21(2)15-9-10-19-12-15)11-14(20-22)13-24-16-7-5-4-6-8-16/h4-8,11,15,19H,3,9-10,12-13H2,1-2H3/t15-/m0/s1. The van der Waals surface area contributed by atoms with Crippen molar-refractivity contribution in [2.45, 2.75) is 32.5 Å². The van der Waals surface area contributed by atoms with Crippen LogP contribution in [0.4, 0.5) is 0 Å². The van der Waals surface area contributed by atoms with Gasteiger partial charge in [0.2, 0.25) is 0 Å². The van der Waals surface area contributed by atoms with Crippen LogP contribution in [0.1, 0.15) is 29.5 Å². The summed E-state index contributed by atoms with van der Waals surface area (Å²) in [5.74, 6) is 0.814. The minimum Gasteiger partial charge on any atom is -0.487 e. The third-order valence-corrected chi connectivity index (χ3v) is 4.38. The molecule has 0 bridgehead atoms. The van der Waals surface area contributed by atoms with E-state index in [0.29, 0.717) is 18.8 Å². The Morgan fingerprint density at radius 2 is 2.21 bits per heavy atom. The van der Waals surface area contributed by atoms with E-state index >= 15 is 0 Å². The average molecular weight is 328 g/mol. The van der Waals surface area contributed by atoms with Crippen molar-refractivity contribution in [3.63, 3.8) is 0 Å². The van der Waals surface area contributed by atoms with E-state index in [9.17, 15) is 4.79 Å². The van der Waals surface area contributed by atoms with Gasteiger partial charge in [0.05, 0.1) is 0 Å². The van der Waals surface area contributed by atoms with Crippen LogP contribution >= 0.6 is 0 Å². The van der Waals surface area contributed by atoms with Crippen molar-refractivity contribution in [3.8, 4) is 5.75 Å². The van der Waals surface area contributed by atoms with E-state index in [0.717, 1.165) is 31.0 Å². The zero-order chi connectivity index (χ0) is 16.9. The fourth-order valence-electron chi connectivity index (χ4n) is 2.94. The molecule has 2 aromatic rings. The van der Waals surface area contributed by atoms with Gasteiger partial charge in [0.25, 0.3) is 5.91 Å². The van der Waals surface area contributed by atoms with Crippen LogP contribution in [0.25, 0.3) is 0 Å². The molecule has 0 spiro atoms. The lowest BCUT2D eigenvalue weighted by atomic mass is 10.2. The number of para-hydroxylation sites is 1. The maximum Gasteiger partial charge on any atom is 0.272 e. The molecule has 128 valence electrons. The molecular weight excluding hydrogens is 304 g/mol. The van der Waals surface area contributed by atoms with E-state index in [4.69, 9.17) is 4.74 Å². The summed E-state index contributed by atoms with van der Waals surface area (Å²) in [6, 6.07) is 11.7. The Labute approximate surface area is 142 Å². The molecule has 0 radical (unpaired) electrons. The first-order chi connectivity index (χ1) is 11.7. The number of amides is 1. The number of carbonyl (C=O) groups excluding carboxylic acids is 1. The SMILES string of the molecule is CCn1nc(COc2ccccc2)cc1C(=O)N(C)[C@H]1CCNC1. The first-order valence-electron chi connectivity index (χ1n) is 8.41. The molecule has 0 saturated carbocycles. The number of likely N-dealkylation sites (N-methyl/N-ethyl adjacent to an activating group) is 1. The number of rotatable bonds is 6. The first-order valence-corrected chi connectivity index (χ1v) is 8.41. The van der Waals surface area contributed by atoms with Gasteiger partial charge in [-0.05, 0) is 38.1 Å². The lowest BCUT2D eigenvalue weighted by molar-refractivity contribution is 0.0731. The lowest BCUT2D eigenvalue weighted by Crippen LogP contribution is -2.39. The van der Waals surface area contributed by atoms with Gasteiger partial charge >= 0.3 is 0 Å². The quantitative estimate of drug-likeness (QED) is 0.880. The van der Waals surface area contributed by atoms with Crippen LogP contribution in [0.5, 0.6) is 5.75 Å². The Hall–Kier alpha value is -2.34. The third kappa shape index (κ3) is 3.59. The van der Waals surface area contributed by atoms with Gasteiger partial charge in [0.15, 0.2) is 0 Å². The van der Waals surface area contributed by atoms with Crippen molar-refractivity contribution in [1.82, 2.24) is 20.0 Å². The molecule has 1 aromatic heterocycles. The summed E-state index contributed by atoms with van der Waals surface area (Å²) in [7, 11) is 1.87. The van der Waals surface area contributed by atoms with Crippen LogP contribution in [0.2, 0.25) is 0 Å². The van der Waals surface area contributed by atoms with Gasteiger partial charge in [-0.25, -0.2) is 0 Å². The smallest absolute Gasteiger partial charge is 0.272 e. The molecule has 0 unspecified atom stereocenters. The van der Waals surface area contributed by atoms with E-state index in [1.54, 1.807) is 4.68 Å². The fourth-order valence-corrected chi connectivity index (χ4v) is 2.94. The van der Waals surface area contributed by atoms with Gasteiger partial charge in [-0.3, -0.25) is 9.48 Å². The molecule has 1 amide bonds. The van der Waals surface area contributed by atoms with Crippen molar-refractivity contribution >= 4 is 5.91 Å². The number of hydrogen-bond acceptors (Lipinski definition) is 4. The Morgan fingerprint density at radius 3 is 2.88 bits per heavy atom. The van der Waals surface area contributed by atoms with Gasteiger partial charge in [-0.1, -0.05) is 18.2 Å². The number of ether oxygens (including phenoxy) is 1. The van der Waals surface area contributed by atoms with Gasteiger partial charge in [-0.15, -0.1) is 0 Å². The van der Waals surface area contributed by atoms with Crippen molar-refractivity contribution in [2.75, 3.05) is 20.1 Å². The molecule has 6 heteroatoms. The molecule has 2 heterocycles. The zero-order valence-corrected chi connectivity index (χ0v) is 14.2. The lowest BCUT2D eigenvalue weighted by Gasteiger charge is -2.23. The number of nitrogens with one attached hydrogen (secondary N) is 1. The second kappa shape index (κ2) is 7.49. The summed E-state index contributed by atoms with van der Waals surface area (Å²) in [4.78, 5) is 14.6. The maximum absolute atomic E-state index is 12.8. The summed E-state index contributed by atoms with van der Waals surface area (Å²) in [6.07, 6.45) is 0.993. The number of aromatic nitrogens is 2. The second-order valence-corrected chi connectivity index (χ2v) is 6.00. The highest BCUT2D eigenvalue weighted by atomic mass is 16.5. The molecular formula is C18H24N4O2. The van der Waals surface area contributed by atoms with Crippen molar-refractivity contribution in [1.29, 1.82) is 0 Å². The summed E-state index contributed by atoms with van der Waals surface area (Å²) >= 11 is 0. The van der Waals surface area contributed by atoms with E-state index in [1.807, 2.05) is 55.3 Å². The Kier molecular flexibility index (Phi) is 5.15. The maximum atomic E-state index is 12.8. The van der Waals surface area contributed by atoms with Crippen LogP contribution < -0.4 is 10.1 Å². The van der Waals surface area contributed by atoms with Gasteiger partial charge < -0.3 is 15.0 Å². The second-order valence-electron chi connectivity index (χ2n) is 6.00. The van der Waals surface area contributed by atoms with Crippen LogP contribution in [0.3, 0.4) is 0 Å². The van der Waals surface area contributed by atoms with Crippen LogP contribution in [0, 0.1) is 0 Å². The van der Waals surface area contributed by atoms with Crippen LogP contribution in [-0.4, -0.2) is 46.8 Å². The summed E-state index contributed by atoms with van der Waals surface area (Å²) in [6.45, 7) is 4.82. The van der Waals surface area contributed by atoms with E-state index in [2.05, 4.69) is 10.4 Å². The van der Waals surface area contributed by atoms with Crippen molar-refractivity contribution in [3.05, 3.63) is 47.8 Å². The highest BCUT2D eigenvalue weighted by Crippen LogP contribution is 2.15. The highest BCUT2D eigenvalue weighted by molar-refractivity contribution is 5.92. The molecule has 1 atom stereocenters. The van der Waals surface area contributed by atoms with Crippen LogP contribution in [0.15, 0.2) is 36.4 Å². The molecule has 3 rings (SSSR count). The van der Waals surface area contributed by atoms with Gasteiger partial charge in [0.1, 0.15) is 23.7 Å². The zero-order valence-electron chi connectivity index (χ0n) is 14.2. The van der Waals surface area contributed by atoms with E-state index in [1.165, 1.54) is 0 Å². The molecule has 1 saturated heterocycles. The largest absolute Gasteiger partial charge is 0.487 e. The molecule has 6 nitrogen and oxygen atoms in total. The minimum absolute atomic E-state index is 0.0176. The fraction of sp³-hybridized carbons (Fsp3) is 0.444. The average Bonchev–Trinajstić information content (AvgIpc) is 3.29. The Morgan fingerprint density at radius 1 is 1.42 bits per heavy atom. The topological polar surface area (TPSA) is 59.4 Å². The molecule has 1 aliphatic heterocycles. The Balaban J connectivity index is 1.71. The highest BCUT2D eigenvalue weighted by Gasteiger charge is 2.26.